The molecule has 2 aliphatic rings. The van der Waals surface area contributed by atoms with Gasteiger partial charge in [0.15, 0.2) is 16.1 Å². The summed E-state index contributed by atoms with van der Waals surface area (Å²) in [5.74, 6) is -2.10. The summed E-state index contributed by atoms with van der Waals surface area (Å²) in [7, 11) is 0. The van der Waals surface area contributed by atoms with E-state index in [4.69, 9.17) is 20.8 Å². The highest BCUT2D eigenvalue weighted by atomic mass is 35.5. The molecule has 1 atom stereocenters. The fourth-order valence-corrected chi connectivity index (χ4v) is 6.63. The highest BCUT2D eigenvalue weighted by Gasteiger charge is 2.66. The lowest BCUT2D eigenvalue weighted by Gasteiger charge is -2.32. The molecule has 11 heteroatoms. The van der Waals surface area contributed by atoms with Crippen molar-refractivity contribution in [3.05, 3.63) is 97.8 Å². The predicted molar refractivity (Wildman–Crippen MR) is 151 cm³/mol. The number of fused-ring (bicyclic) bond motifs is 5. The van der Waals surface area contributed by atoms with Gasteiger partial charge < -0.3 is 14.1 Å². The maximum Gasteiger partial charge on any atom is 0.350 e. The quantitative estimate of drug-likeness (QED) is 0.229. The first-order chi connectivity index (χ1) is 19.2. The van der Waals surface area contributed by atoms with E-state index in [0.29, 0.717) is 34.9 Å². The molecule has 0 fully saturated rings. The molecule has 4 aromatic rings. The molecule has 202 valence electrons. The Hall–Kier alpha value is -4.28. The number of para-hydroxylation sites is 1. The van der Waals surface area contributed by atoms with Gasteiger partial charge in [0, 0.05) is 17.1 Å². The second kappa shape index (κ2) is 9.42. The van der Waals surface area contributed by atoms with Crippen LogP contribution in [0.25, 0.3) is 11.0 Å². The number of rotatable bonds is 6. The van der Waals surface area contributed by atoms with E-state index in [2.05, 4.69) is 11.6 Å². The third-order valence-corrected chi connectivity index (χ3v) is 8.39. The minimum absolute atomic E-state index is 0.00502. The zero-order valence-corrected chi connectivity index (χ0v) is 23.1. The Balaban J connectivity index is 1.69. The van der Waals surface area contributed by atoms with E-state index in [9.17, 15) is 19.2 Å². The van der Waals surface area contributed by atoms with Gasteiger partial charge in [-0.05, 0) is 37.6 Å². The van der Waals surface area contributed by atoms with Crippen molar-refractivity contribution in [3.63, 3.8) is 0 Å². The second-order valence-corrected chi connectivity index (χ2v) is 10.8. The number of halogens is 1. The fraction of sp³-hybridized carbons (Fsp3) is 0.207. The van der Waals surface area contributed by atoms with Gasteiger partial charge in [-0.15, -0.1) is 0 Å². The molecule has 40 heavy (non-hydrogen) atoms. The molecule has 6 rings (SSSR count). The number of benzene rings is 2. The van der Waals surface area contributed by atoms with Crippen LogP contribution in [0, 0.1) is 6.92 Å². The average Bonchev–Trinajstić information content (AvgIpc) is 3.53. The van der Waals surface area contributed by atoms with Gasteiger partial charge in [0.2, 0.25) is 5.76 Å². The van der Waals surface area contributed by atoms with Crippen molar-refractivity contribution in [3.8, 4) is 0 Å². The lowest BCUT2D eigenvalue weighted by molar-refractivity contribution is -0.121. The molecule has 2 aliphatic heterocycles. The Morgan fingerprint density at radius 1 is 1.23 bits per heavy atom. The number of carbonyl (C=O) groups is 3. The number of nitrogens with zero attached hydrogens (tertiary/aromatic N) is 3. The maximum absolute atomic E-state index is 14.6. The van der Waals surface area contributed by atoms with Gasteiger partial charge >= 0.3 is 5.97 Å². The summed E-state index contributed by atoms with van der Waals surface area (Å²) in [6.07, 6.45) is 2.07. The normalized spacial score (nSPS) is 17.6. The Morgan fingerprint density at radius 2 is 2.00 bits per heavy atom. The van der Waals surface area contributed by atoms with E-state index in [1.165, 1.54) is 23.1 Å². The summed E-state index contributed by atoms with van der Waals surface area (Å²) in [5.41, 5.74) is -1.06. The van der Waals surface area contributed by atoms with Crippen LogP contribution < -0.4 is 15.2 Å². The third-order valence-electron chi connectivity index (χ3n) is 7.03. The highest BCUT2D eigenvalue weighted by Crippen LogP contribution is 2.54. The topological polar surface area (TPSA) is 110 Å². The van der Waals surface area contributed by atoms with Gasteiger partial charge in [-0.1, -0.05) is 60.7 Å². The highest BCUT2D eigenvalue weighted by molar-refractivity contribution is 7.17. The average molecular weight is 576 g/mol. The number of thiazole rings is 1. The maximum atomic E-state index is 14.6. The molecular weight excluding hydrogens is 554 g/mol. The van der Waals surface area contributed by atoms with Crippen LogP contribution in [0.3, 0.4) is 0 Å². The van der Waals surface area contributed by atoms with Crippen LogP contribution in [-0.2, 0) is 15.1 Å². The number of carbonyl (C=O) groups excluding carboxylic acids is 3. The number of aromatic nitrogens is 1. The Kier molecular flexibility index (Phi) is 6.12. The smallest absolute Gasteiger partial charge is 0.350 e. The van der Waals surface area contributed by atoms with Crippen LogP contribution in [0.4, 0.5) is 10.8 Å². The van der Waals surface area contributed by atoms with Crippen molar-refractivity contribution in [1.82, 2.24) is 4.98 Å². The molecule has 4 heterocycles. The molecule has 9 nitrogen and oxygen atoms in total. The van der Waals surface area contributed by atoms with Crippen molar-refractivity contribution in [2.24, 2.45) is 0 Å². The van der Waals surface area contributed by atoms with Crippen LogP contribution in [0.5, 0.6) is 0 Å². The van der Waals surface area contributed by atoms with Crippen LogP contribution in [0.1, 0.15) is 50.4 Å². The first-order valence-electron chi connectivity index (χ1n) is 12.5. The SMILES string of the molecule is C=CCOC(=O)c1sc(N2C(=O)c3oc4ccc(Cl)cc4c(=O)c3C23C(=O)N(CCC)c2ccccc23)nc1C. The number of amides is 2. The summed E-state index contributed by atoms with van der Waals surface area (Å²) in [4.78, 5) is 63.2. The van der Waals surface area contributed by atoms with Gasteiger partial charge in [-0.2, -0.15) is 0 Å². The van der Waals surface area contributed by atoms with Crippen molar-refractivity contribution in [2.45, 2.75) is 25.8 Å². The zero-order valence-electron chi connectivity index (χ0n) is 21.5. The number of ether oxygens (including phenoxy) is 1. The van der Waals surface area contributed by atoms with Gasteiger partial charge in [0.25, 0.3) is 11.8 Å². The molecule has 0 aliphatic carbocycles. The summed E-state index contributed by atoms with van der Waals surface area (Å²) in [5, 5.41) is 0.505. The van der Waals surface area contributed by atoms with E-state index in [1.807, 2.05) is 6.92 Å². The zero-order chi connectivity index (χ0) is 28.3. The summed E-state index contributed by atoms with van der Waals surface area (Å²) in [6, 6.07) is 11.6. The molecule has 2 aromatic heterocycles. The Labute approximate surface area is 237 Å². The van der Waals surface area contributed by atoms with E-state index in [1.54, 1.807) is 42.2 Å². The van der Waals surface area contributed by atoms with Crippen molar-refractivity contribution in [1.29, 1.82) is 0 Å². The second-order valence-electron chi connectivity index (χ2n) is 9.40. The summed E-state index contributed by atoms with van der Waals surface area (Å²) in [6.45, 7) is 7.45. The lowest BCUT2D eigenvalue weighted by Crippen LogP contribution is -2.53. The number of hydrogen-bond donors (Lipinski definition) is 0. The lowest BCUT2D eigenvalue weighted by atomic mass is 9.84. The third kappa shape index (κ3) is 3.42. The number of esters is 1. The Morgan fingerprint density at radius 3 is 2.75 bits per heavy atom. The summed E-state index contributed by atoms with van der Waals surface area (Å²) >= 11 is 7.12. The minimum Gasteiger partial charge on any atom is -0.457 e. The van der Waals surface area contributed by atoms with E-state index < -0.39 is 28.8 Å². The van der Waals surface area contributed by atoms with Gasteiger partial charge in [-0.25, -0.2) is 9.78 Å². The van der Waals surface area contributed by atoms with Crippen LogP contribution in [-0.4, -0.2) is 35.9 Å². The Bertz CT molecular complexity index is 1830. The molecule has 0 saturated carbocycles. The first-order valence-corrected chi connectivity index (χ1v) is 13.7. The van der Waals surface area contributed by atoms with Crippen LogP contribution >= 0.6 is 22.9 Å². The standard InChI is InChI=1S/C29H22ClN3O6S/c1-4-12-32-19-9-7-6-8-18(19)29(27(32)37)21-22(34)17-14-16(30)10-11-20(17)39-23(21)25(35)33(29)28-31-15(3)24(40-28)26(36)38-13-5-2/h5-11,14H,2,4,12-13H2,1,3H3. The van der Waals surface area contributed by atoms with E-state index in [0.717, 1.165) is 11.3 Å². The molecule has 0 N–H and O–H groups in total. The largest absolute Gasteiger partial charge is 0.457 e. The predicted octanol–water partition coefficient (Wildman–Crippen LogP) is 5.21. The number of anilines is 2. The minimum atomic E-state index is -1.90. The molecule has 1 unspecified atom stereocenters. The van der Waals surface area contributed by atoms with Crippen molar-refractivity contribution < 1.29 is 23.5 Å². The molecule has 0 radical (unpaired) electrons. The monoisotopic (exact) mass is 575 g/mol. The van der Waals surface area contributed by atoms with Crippen LogP contribution in [0.15, 0.2) is 64.3 Å². The number of hydrogen-bond acceptors (Lipinski definition) is 8. The molecule has 2 aromatic carbocycles. The molecule has 0 saturated heterocycles. The fourth-order valence-electron chi connectivity index (χ4n) is 5.45. The molecule has 0 bridgehead atoms. The number of aryl methyl sites for hydroxylation is 1. The summed E-state index contributed by atoms with van der Waals surface area (Å²) < 4.78 is 11.2. The molecule has 1 spiro atoms. The van der Waals surface area contributed by atoms with Gasteiger partial charge in [-0.3, -0.25) is 19.3 Å². The van der Waals surface area contributed by atoms with E-state index in [-0.39, 0.29) is 38.9 Å². The van der Waals surface area contributed by atoms with Crippen molar-refractivity contribution >= 4 is 62.5 Å². The van der Waals surface area contributed by atoms with Gasteiger partial charge in [0.1, 0.15) is 17.1 Å². The molecular formula is C29H22ClN3O6S. The first kappa shape index (κ1) is 26.0. The van der Waals surface area contributed by atoms with Crippen molar-refractivity contribution in [2.75, 3.05) is 23.0 Å². The van der Waals surface area contributed by atoms with Crippen LogP contribution in [0.2, 0.25) is 5.02 Å². The molecule has 2 amide bonds. The van der Waals surface area contributed by atoms with E-state index >= 15 is 0 Å². The van der Waals surface area contributed by atoms with Gasteiger partial charge in [0.05, 0.1) is 22.3 Å².